The van der Waals surface area contributed by atoms with E-state index in [0.29, 0.717) is 36.7 Å². The smallest absolute Gasteiger partial charge is 0.254 e. The Hall–Kier alpha value is -2.11. The highest BCUT2D eigenvalue weighted by Crippen LogP contribution is 2.22. The molecular formula is C17H25N3O3. The lowest BCUT2D eigenvalue weighted by Gasteiger charge is -2.33. The average Bonchev–Trinajstić information content (AvgIpc) is 2.51. The van der Waals surface area contributed by atoms with E-state index < -0.39 is 0 Å². The predicted octanol–water partition coefficient (Wildman–Crippen LogP) is 1.40. The van der Waals surface area contributed by atoms with Crippen molar-refractivity contribution in [1.82, 2.24) is 14.8 Å². The SMILES string of the molecule is Cc1cc(C(=O)N2CCC[C@@H](CCC(=O)N(C)C)C2)cc(=O)[nH]1. The van der Waals surface area contributed by atoms with Gasteiger partial charge in [0.1, 0.15) is 0 Å². The summed E-state index contributed by atoms with van der Waals surface area (Å²) >= 11 is 0. The van der Waals surface area contributed by atoms with Gasteiger partial charge in [-0.1, -0.05) is 0 Å². The normalized spacial score (nSPS) is 17.9. The molecule has 0 unspecified atom stereocenters. The number of hydrogen-bond donors (Lipinski definition) is 1. The van der Waals surface area contributed by atoms with E-state index in [2.05, 4.69) is 4.98 Å². The van der Waals surface area contributed by atoms with Crippen LogP contribution >= 0.6 is 0 Å². The quantitative estimate of drug-likeness (QED) is 0.912. The number of aromatic nitrogens is 1. The number of nitrogens with zero attached hydrogens (tertiary/aromatic N) is 2. The standard InChI is InChI=1S/C17H25N3O3/c1-12-9-14(10-15(21)18-12)17(23)20-8-4-5-13(11-20)6-7-16(22)19(2)3/h9-10,13H,4-8,11H2,1-3H3,(H,18,21)/t13-/m0/s1. The maximum absolute atomic E-state index is 12.6. The number of likely N-dealkylation sites (tertiary alicyclic amines) is 1. The summed E-state index contributed by atoms with van der Waals surface area (Å²) in [6, 6.07) is 3.07. The molecule has 126 valence electrons. The molecule has 0 saturated carbocycles. The Bertz CT molecular complexity index is 636. The maximum Gasteiger partial charge on any atom is 0.254 e. The van der Waals surface area contributed by atoms with Crippen molar-refractivity contribution in [3.63, 3.8) is 0 Å². The molecule has 0 aliphatic carbocycles. The highest BCUT2D eigenvalue weighted by molar-refractivity contribution is 5.94. The highest BCUT2D eigenvalue weighted by atomic mass is 16.2. The molecule has 1 fully saturated rings. The highest BCUT2D eigenvalue weighted by Gasteiger charge is 2.25. The van der Waals surface area contributed by atoms with Gasteiger partial charge in [-0.15, -0.1) is 0 Å². The zero-order valence-corrected chi connectivity index (χ0v) is 14.1. The van der Waals surface area contributed by atoms with Gasteiger partial charge in [-0.2, -0.15) is 0 Å². The predicted molar refractivity (Wildman–Crippen MR) is 88.4 cm³/mol. The zero-order valence-electron chi connectivity index (χ0n) is 14.1. The molecule has 1 aliphatic heterocycles. The van der Waals surface area contributed by atoms with Crippen LogP contribution < -0.4 is 5.56 Å². The Balaban J connectivity index is 1.98. The second kappa shape index (κ2) is 7.44. The van der Waals surface area contributed by atoms with E-state index in [1.54, 1.807) is 32.0 Å². The van der Waals surface area contributed by atoms with Crippen LogP contribution in [0.2, 0.25) is 0 Å². The van der Waals surface area contributed by atoms with Crippen LogP contribution in [0.5, 0.6) is 0 Å². The van der Waals surface area contributed by atoms with Crippen molar-refractivity contribution in [2.45, 2.75) is 32.6 Å². The lowest BCUT2D eigenvalue weighted by molar-refractivity contribution is -0.129. The summed E-state index contributed by atoms with van der Waals surface area (Å²) in [6.07, 6.45) is 3.30. The topological polar surface area (TPSA) is 73.5 Å². The molecule has 6 heteroatoms. The Morgan fingerprint density at radius 2 is 2.09 bits per heavy atom. The van der Waals surface area contributed by atoms with Crippen LogP contribution in [0.25, 0.3) is 0 Å². The fraction of sp³-hybridized carbons (Fsp3) is 0.588. The molecule has 0 aromatic carbocycles. The summed E-state index contributed by atoms with van der Waals surface area (Å²) < 4.78 is 0. The maximum atomic E-state index is 12.6. The fourth-order valence-electron chi connectivity index (χ4n) is 3.03. The number of carbonyl (C=O) groups is 2. The third-order valence-corrected chi connectivity index (χ3v) is 4.30. The van der Waals surface area contributed by atoms with E-state index in [0.717, 1.165) is 19.3 Å². The molecule has 23 heavy (non-hydrogen) atoms. The summed E-state index contributed by atoms with van der Waals surface area (Å²) in [6.45, 7) is 3.14. The van der Waals surface area contributed by atoms with Crippen LogP contribution in [0.4, 0.5) is 0 Å². The van der Waals surface area contributed by atoms with Gasteiger partial charge in [0.2, 0.25) is 11.5 Å². The number of rotatable bonds is 4. The first-order chi connectivity index (χ1) is 10.9. The van der Waals surface area contributed by atoms with Gasteiger partial charge in [0.05, 0.1) is 0 Å². The lowest BCUT2D eigenvalue weighted by Crippen LogP contribution is -2.40. The minimum Gasteiger partial charge on any atom is -0.349 e. The molecule has 1 aliphatic rings. The van der Waals surface area contributed by atoms with Crippen molar-refractivity contribution in [1.29, 1.82) is 0 Å². The summed E-state index contributed by atoms with van der Waals surface area (Å²) in [7, 11) is 3.52. The van der Waals surface area contributed by atoms with Gasteiger partial charge in [0.25, 0.3) is 5.91 Å². The number of amides is 2. The van der Waals surface area contributed by atoms with E-state index in [1.165, 1.54) is 6.07 Å². The van der Waals surface area contributed by atoms with Gasteiger partial charge in [-0.25, -0.2) is 0 Å². The van der Waals surface area contributed by atoms with E-state index >= 15 is 0 Å². The third-order valence-electron chi connectivity index (χ3n) is 4.30. The number of pyridine rings is 1. The van der Waals surface area contributed by atoms with E-state index in [9.17, 15) is 14.4 Å². The van der Waals surface area contributed by atoms with Crippen molar-refractivity contribution in [3.8, 4) is 0 Å². The summed E-state index contributed by atoms with van der Waals surface area (Å²) in [4.78, 5) is 41.9. The van der Waals surface area contributed by atoms with Crippen LogP contribution in [0, 0.1) is 12.8 Å². The van der Waals surface area contributed by atoms with Gasteiger partial charge in [0.15, 0.2) is 0 Å². The lowest BCUT2D eigenvalue weighted by atomic mass is 9.92. The number of nitrogens with one attached hydrogen (secondary N) is 1. The van der Waals surface area contributed by atoms with E-state index in [1.807, 2.05) is 4.90 Å². The molecule has 1 atom stereocenters. The van der Waals surface area contributed by atoms with Crippen molar-refractivity contribution >= 4 is 11.8 Å². The Kier molecular flexibility index (Phi) is 5.58. The third kappa shape index (κ3) is 4.68. The van der Waals surface area contributed by atoms with Gasteiger partial charge in [0, 0.05) is 50.9 Å². The van der Waals surface area contributed by atoms with Crippen molar-refractivity contribution in [3.05, 3.63) is 33.7 Å². The second-order valence-corrected chi connectivity index (χ2v) is 6.50. The van der Waals surface area contributed by atoms with E-state index in [4.69, 9.17) is 0 Å². The Morgan fingerprint density at radius 1 is 1.35 bits per heavy atom. The summed E-state index contributed by atoms with van der Waals surface area (Å²) in [5, 5.41) is 0. The number of aromatic amines is 1. The van der Waals surface area contributed by atoms with Crippen LogP contribution in [0.15, 0.2) is 16.9 Å². The van der Waals surface area contributed by atoms with Crippen LogP contribution in [0.3, 0.4) is 0 Å². The number of aryl methyl sites for hydroxylation is 1. The minimum absolute atomic E-state index is 0.0946. The largest absolute Gasteiger partial charge is 0.349 e. The number of hydrogen-bond acceptors (Lipinski definition) is 3. The first-order valence-corrected chi connectivity index (χ1v) is 8.07. The molecule has 0 radical (unpaired) electrons. The summed E-state index contributed by atoms with van der Waals surface area (Å²) in [5.41, 5.74) is 0.876. The van der Waals surface area contributed by atoms with Crippen LogP contribution in [0.1, 0.15) is 41.7 Å². The monoisotopic (exact) mass is 319 g/mol. The minimum atomic E-state index is -0.251. The van der Waals surface area contributed by atoms with Crippen molar-refractivity contribution in [2.24, 2.45) is 5.92 Å². The molecule has 0 bridgehead atoms. The number of piperidine rings is 1. The molecule has 1 aromatic heterocycles. The Labute approximate surface area is 136 Å². The molecule has 1 saturated heterocycles. The molecule has 2 rings (SSSR count). The number of carbonyl (C=O) groups excluding carboxylic acids is 2. The average molecular weight is 319 g/mol. The van der Waals surface area contributed by atoms with Gasteiger partial charge >= 0.3 is 0 Å². The van der Waals surface area contributed by atoms with Crippen LogP contribution in [-0.4, -0.2) is 53.8 Å². The first-order valence-electron chi connectivity index (χ1n) is 8.07. The molecule has 1 aromatic rings. The molecule has 2 heterocycles. The molecular weight excluding hydrogens is 294 g/mol. The molecule has 2 amide bonds. The zero-order chi connectivity index (χ0) is 17.0. The van der Waals surface area contributed by atoms with Crippen molar-refractivity contribution in [2.75, 3.05) is 27.2 Å². The molecule has 1 N–H and O–H groups in total. The number of H-pyrrole nitrogens is 1. The first kappa shape index (κ1) is 17.2. The summed E-state index contributed by atoms with van der Waals surface area (Å²) in [5.74, 6) is 0.376. The van der Waals surface area contributed by atoms with Gasteiger partial charge < -0.3 is 14.8 Å². The molecule has 0 spiro atoms. The van der Waals surface area contributed by atoms with Gasteiger partial charge in [-0.3, -0.25) is 14.4 Å². The fourth-order valence-corrected chi connectivity index (χ4v) is 3.03. The second-order valence-electron chi connectivity index (χ2n) is 6.50. The van der Waals surface area contributed by atoms with Gasteiger partial charge in [-0.05, 0) is 38.2 Å². The van der Waals surface area contributed by atoms with Crippen molar-refractivity contribution < 1.29 is 9.59 Å². The van der Waals surface area contributed by atoms with Crippen LogP contribution in [-0.2, 0) is 4.79 Å². The Morgan fingerprint density at radius 3 is 2.74 bits per heavy atom. The van der Waals surface area contributed by atoms with E-state index in [-0.39, 0.29) is 17.4 Å². The molecule has 6 nitrogen and oxygen atoms in total.